The first-order valence-electron chi connectivity index (χ1n) is 12.7. The standard InChI is InChI=1S/C31H33NO7/c1-20-8-5-6-9-23(20)19-39-24-13-10-21(11-14-24)29(33)27-28(22-12-15-25(37-3)26(18-22)38-4)32(16-7-17-36-2)31(35)30(27)34/h5-6,8-15,18,28,33H,7,16-17,19H2,1-4H3/b29-27+/t28-/m1/s1. The molecule has 1 saturated heterocycles. The van der Waals surface area contributed by atoms with Gasteiger partial charge in [0.1, 0.15) is 18.1 Å². The summed E-state index contributed by atoms with van der Waals surface area (Å²) in [4.78, 5) is 27.9. The lowest BCUT2D eigenvalue weighted by molar-refractivity contribution is -0.140. The van der Waals surface area contributed by atoms with Crippen molar-refractivity contribution in [2.45, 2.75) is 26.0 Å². The van der Waals surface area contributed by atoms with Gasteiger partial charge in [-0.2, -0.15) is 0 Å². The number of ketones is 1. The van der Waals surface area contributed by atoms with E-state index in [0.717, 1.165) is 11.1 Å². The Hall–Kier alpha value is -4.30. The number of carbonyl (C=O) groups excluding carboxylic acids is 2. The number of aliphatic hydroxyl groups is 1. The zero-order valence-electron chi connectivity index (χ0n) is 22.6. The van der Waals surface area contributed by atoms with Gasteiger partial charge < -0.3 is 29.0 Å². The number of hydrogen-bond acceptors (Lipinski definition) is 7. The number of amides is 1. The molecule has 1 N–H and O–H groups in total. The van der Waals surface area contributed by atoms with E-state index in [-0.39, 0.29) is 17.9 Å². The predicted molar refractivity (Wildman–Crippen MR) is 147 cm³/mol. The van der Waals surface area contributed by atoms with E-state index in [1.165, 1.54) is 19.1 Å². The van der Waals surface area contributed by atoms with Gasteiger partial charge in [0.2, 0.25) is 0 Å². The van der Waals surface area contributed by atoms with E-state index >= 15 is 0 Å². The van der Waals surface area contributed by atoms with Crippen LogP contribution in [-0.4, -0.2) is 56.2 Å². The van der Waals surface area contributed by atoms with Crippen molar-refractivity contribution in [3.05, 3.63) is 94.6 Å². The van der Waals surface area contributed by atoms with E-state index in [2.05, 4.69) is 0 Å². The summed E-state index contributed by atoms with van der Waals surface area (Å²) in [6.07, 6.45) is 0.528. The average molecular weight is 532 g/mol. The van der Waals surface area contributed by atoms with Gasteiger partial charge in [0.15, 0.2) is 11.5 Å². The maximum Gasteiger partial charge on any atom is 0.295 e. The van der Waals surface area contributed by atoms with E-state index in [9.17, 15) is 14.7 Å². The molecule has 39 heavy (non-hydrogen) atoms. The van der Waals surface area contributed by atoms with Gasteiger partial charge in [0.25, 0.3) is 11.7 Å². The van der Waals surface area contributed by atoms with Crippen molar-refractivity contribution in [2.24, 2.45) is 0 Å². The van der Waals surface area contributed by atoms with Gasteiger partial charge in [-0.25, -0.2) is 0 Å². The van der Waals surface area contributed by atoms with Crippen LogP contribution in [0.3, 0.4) is 0 Å². The molecule has 1 amide bonds. The van der Waals surface area contributed by atoms with Gasteiger partial charge in [-0.15, -0.1) is 0 Å². The first kappa shape index (κ1) is 27.7. The van der Waals surface area contributed by atoms with Crippen LogP contribution in [0.5, 0.6) is 17.2 Å². The molecule has 4 rings (SSSR count). The average Bonchev–Trinajstić information content (AvgIpc) is 3.21. The highest BCUT2D eigenvalue weighted by molar-refractivity contribution is 6.46. The van der Waals surface area contributed by atoms with Gasteiger partial charge in [-0.05, 0) is 66.4 Å². The van der Waals surface area contributed by atoms with E-state index in [1.807, 2.05) is 31.2 Å². The fourth-order valence-electron chi connectivity index (χ4n) is 4.66. The molecule has 0 aromatic heterocycles. The number of Topliss-reactive ketones (excluding diaryl/α,β-unsaturated/α-hetero) is 1. The monoisotopic (exact) mass is 531 g/mol. The van der Waals surface area contributed by atoms with E-state index in [4.69, 9.17) is 18.9 Å². The first-order valence-corrected chi connectivity index (χ1v) is 12.7. The minimum atomic E-state index is -0.807. The molecule has 1 aliphatic heterocycles. The molecule has 1 fully saturated rings. The summed E-state index contributed by atoms with van der Waals surface area (Å²) in [6, 6.07) is 19.2. The number of nitrogens with zero attached hydrogens (tertiary/aromatic N) is 1. The summed E-state index contributed by atoms with van der Waals surface area (Å²) in [5.74, 6) is -0.0965. The lowest BCUT2D eigenvalue weighted by Crippen LogP contribution is -2.31. The molecule has 8 nitrogen and oxygen atoms in total. The summed E-state index contributed by atoms with van der Waals surface area (Å²) in [7, 11) is 4.62. The van der Waals surface area contributed by atoms with Gasteiger partial charge in [0, 0.05) is 25.8 Å². The Labute approximate surface area is 228 Å². The van der Waals surface area contributed by atoms with Gasteiger partial charge >= 0.3 is 0 Å². The molecule has 0 unspecified atom stereocenters. The van der Waals surface area contributed by atoms with Gasteiger partial charge in [-0.1, -0.05) is 30.3 Å². The highest BCUT2D eigenvalue weighted by Gasteiger charge is 2.46. The fourth-order valence-corrected chi connectivity index (χ4v) is 4.66. The summed E-state index contributed by atoms with van der Waals surface area (Å²) in [5, 5.41) is 11.4. The fraction of sp³-hybridized carbons (Fsp3) is 0.290. The first-order chi connectivity index (χ1) is 18.9. The molecule has 0 bridgehead atoms. The molecule has 0 radical (unpaired) electrons. The quantitative estimate of drug-likeness (QED) is 0.160. The van der Waals surface area contributed by atoms with E-state index < -0.39 is 17.7 Å². The van der Waals surface area contributed by atoms with Crippen LogP contribution in [0.25, 0.3) is 5.76 Å². The van der Waals surface area contributed by atoms with Crippen molar-refractivity contribution in [3.63, 3.8) is 0 Å². The number of likely N-dealkylation sites (tertiary alicyclic amines) is 1. The maximum atomic E-state index is 13.3. The molecule has 0 saturated carbocycles. The number of carbonyl (C=O) groups is 2. The third kappa shape index (κ3) is 5.91. The number of aliphatic hydroxyl groups excluding tert-OH is 1. The second kappa shape index (κ2) is 12.5. The number of methoxy groups -OCH3 is 3. The number of rotatable bonds is 11. The van der Waals surface area contributed by atoms with Crippen LogP contribution in [0.15, 0.2) is 72.3 Å². The Morgan fingerprint density at radius 2 is 1.64 bits per heavy atom. The Morgan fingerprint density at radius 3 is 2.31 bits per heavy atom. The van der Waals surface area contributed by atoms with Crippen LogP contribution in [0.2, 0.25) is 0 Å². The van der Waals surface area contributed by atoms with Gasteiger partial charge in [-0.3, -0.25) is 9.59 Å². The molecule has 1 aliphatic rings. The number of hydrogen-bond donors (Lipinski definition) is 1. The van der Waals surface area contributed by atoms with E-state index in [0.29, 0.717) is 48.0 Å². The van der Waals surface area contributed by atoms with E-state index in [1.54, 1.807) is 49.6 Å². The molecule has 204 valence electrons. The third-order valence-electron chi connectivity index (χ3n) is 6.79. The summed E-state index contributed by atoms with van der Waals surface area (Å²) in [6.45, 7) is 3.13. The molecular formula is C31H33NO7. The molecule has 3 aromatic carbocycles. The Balaban J connectivity index is 1.68. The lowest BCUT2D eigenvalue weighted by Gasteiger charge is -2.26. The Kier molecular flexibility index (Phi) is 8.88. The molecule has 0 spiro atoms. The van der Waals surface area contributed by atoms with Crippen molar-refractivity contribution in [2.75, 3.05) is 34.5 Å². The van der Waals surface area contributed by atoms with Crippen LogP contribution in [0.1, 0.15) is 34.7 Å². The molecule has 3 aromatic rings. The second-order valence-corrected chi connectivity index (χ2v) is 9.19. The third-order valence-corrected chi connectivity index (χ3v) is 6.79. The van der Waals surface area contributed by atoms with Crippen LogP contribution >= 0.6 is 0 Å². The maximum absolute atomic E-state index is 13.3. The smallest absolute Gasteiger partial charge is 0.295 e. The summed E-state index contributed by atoms with van der Waals surface area (Å²) >= 11 is 0. The number of ether oxygens (including phenoxy) is 4. The highest BCUT2D eigenvalue weighted by atomic mass is 16.5. The van der Waals surface area contributed by atoms with Crippen LogP contribution in [-0.2, 0) is 20.9 Å². The SMILES string of the molecule is COCCCN1C(=O)C(=O)/C(=C(/O)c2ccc(OCc3ccccc3C)cc2)[C@H]1c1ccc(OC)c(OC)c1. The van der Waals surface area contributed by atoms with Crippen molar-refractivity contribution in [1.82, 2.24) is 4.90 Å². The molecular weight excluding hydrogens is 498 g/mol. The topological polar surface area (TPSA) is 94.5 Å². The summed E-state index contributed by atoms with van der Waals surface area (Å²) in [5.41, 5.74) is 3.24. The van der Waals surface area contributed by atoms with Crippen molar-refractivity contribution in [3.8, 4) is 17.2 Å². The molecule has 0 aliphatic carbocycles. The lowest BCUT2D eigenvalue weighted by atomic mass is 9.95. The normalized spacial score (nSPS) is 16.4. The highest BCUT2D eigenvalue weighted by Crippen LogP contribution is 2.42. The van der Waals surface area contributed by atoms with Gasteiger partial charge in [0.05, 0.1) is 25.8 Å². The van der Waals surface area contributed by atoms with Crippen LogP contribution < -0.4 is 14.2 Å². The molecule has 1 atom stereocenters. The zero-order valence-corrected chi connectivity index (χ0v) is 22.6. The van der Waals surface area contributed by atoms with Crippen molar-refractivity contribution in [1.29, 1.82) is 0 Å². The largest absolute Gasteiger partial charge is 0.507 e. The minimum absolute atomic E-state index is 0.0122. The Morgan fingerprint density at radius 1 is 0.923 bits per heavy atom. The molecule has 8 heteroatoms. The predicted octanol–water partition coefficient (Wildman–Crippen LogP) is 5.05. The van der Waals surface area contributed by atoms with Crippen molar-refractivity contribution < 1.29 is 33.6 Å². The zero-order chi connectivity index (χ0) is 27.9. The van der Waals surface area contributed by atoms with Crippen molar-refractivity contribution >= 4 is 17.4 Å². The number of benzene rings is 3. The molecule has 1 heterocycles. The second-order valence-electron chi connectivity index (χ2n) is 9.19. The summed E-state index contributed by atoms with van der Waals surface area (Å²) < 4.78 is 21.9. The Bertz CT molecular complexity index is 1360. The minimum Gasteiger partial charge on any atom is -0.507 e. The van der Waals surface area contributed by atoms with Crippen LogP contribution in [0.4, 0.5) is 0 Å². The van der Waals surface area contributed by atoms with Crippen LogP contribution in [0, 0.1) is 6.92 Å². The number of aryl methyl sites for hydroxylation is 1.